The van der Waals surface area contributed by atoms with Crippen LogP contribution in [-0.2, 0) is 0 Å². The van der Waals surface area contributed by atoms with Crippen LogP contribution in [0.2, 0.25) is 0 Å². The number of rotatable bonds is 4. The van der Waals surface area contributed by atoms with Gasteiger partial charge in [-0.05, 0) is 12.1 Å². The third-order valence-electron chi connectivity index (χ3n) is 3.53. The maximum absolute atomic E-state index is 3.67. The van der Waals surface area contributed by atoms with E-state index in [0.717, 1.165) is 17.0 Å². The molecule has 1 heterocycles. The molecule has 1 nitrogen and oxygen atoms in total. The molecule has 1 aliphatic rings. The normalized spacial score (nSPS) is 30.1. The van der Waals surface area contributed by atoms with Crippen molar-refractivity contribution in [3.05, 3.63) is 35.9 Å². The predicted octanol–water partition coefficient (Wildman–Crippen LogP) is 3.96. The van der Waals surface area contributed by atoms with E-state index in [1.807, 2.05) is 0 Å². The number of thioether (sulfide) groups is 2. The summed E-state index contributed by atoms with van der Waals surface area (Å²) >= 11 is 4.28. The van der Waals surface area contributed by atoms with E-state index in [4.69, 9.17) is 0 Å². The standard InChI is InChI=1S/C15H23NS2/c1-4-16-15(13-8-6-5-7-9-13)14-10-17-11(2)12(3)18-14/h5-9,11-12,14-16H,4,10H2,1-3H3. The minimum Gasteiger partial charge on any atom is -0.309 e. The minimum absolute atomic E-state index is 0.489. The summed E-state index contributed by atoms with van der Waals surface area (Å²) in [6.45, 7) is 7.94. The summed E-state index contributed by atoms with van der Waals surface area (Å²) < 4.78 is 0. The Morgan fingerprint density at radius 2 is 1.94 bits per heavy atom. The van der Waals surface area contributed by atoms with Gasteiger partial charge in [0.05, 0.1) is 0 Å². The first-order chi connectivity index (χ1) is 8.72. The summed E-state index contributed by atoms with van der Waals surface area (Å²) in [6.07, 6.45) is 0. The lowest BCUT2D eigenvalue weighted by Crippen LogP contribution is -2.37. The average Bonchev–Trinajstić information content (AvgIpc) is 2.40. The highest BCUT2D eigenvalue weighted by molar-refractivity contribution is 8.07. The molecule has 1 N–H and O–H groups in total. The lowest BCUT2D eigenvalue weighted by molar-refractivity contribution is 0.547. The van der Waals surface area contributed by atoms with E-state index < -0.39 is 0 Å². The van der Waals surface area contributed by atoms with Crippen LogP contribution in [0, 0.1) is 0 Å². The molecule has 1 aliphatic heterocycles. The molecule has 1 fully saturated rings. The van der Waals surface area contributed by atoms with E-state index in [1.165, 1.54) is 11.3 Å². The highest BCUT2D eigenvalue weighted by Crippen LogP contribution is 2.40. The van der Waals surface area contributed by atoms with Gasteiger partial charge in [-0.2, -0.15) is 23.5 Å². The van der Waals surface area contributed by atoms with E-state index in [-0.39, 0.29) is 0 Å². The van der Waals surface area contributed by atoms with Crippen LogP contribution in [0.15, 0.2) is 30.3 Å². The van der Waals surface area contributed by atoms with Gasteiger partial charge in [0.1, 0.15) is 0 Å². The first-order valence-corrected chi connectivity index (χ1v) is 8.77. The van der Waals surface area contributed by atoms with Crippen LogP contribution < -0.4 is 5.32 Å². The monoisotopic (exact) mass is 281 g/mol. The zero-order valence-electron chi connectivity index (χ0n) is 11.4. The van der Waals surface area contributed by atoms with Crippen LogP contribution in [0.25, 0.3) is 0 Å². The van der Waals surface area contributed by atoms with Crippen LogP contribution in [0.4, 0.5) is 0 Å². The summed E-state index contributed by atoms with van der Waals surface area (Å²) in [7, 11) is 0. The largest absolute Gasteiger partial charge is 0.309 e. The summed E-state index contributed by atoms with van der Waals surface area (Å²) in [4.78, 5) is 0. The summed E-state index contributed by atoms with van der Waals surface area (Å²) in [6, 6.07) is 11.4. The molecule has 0 spiro atoms. The van der Waals surface area contributed by atoms with Gasteiger partial charge in [-0.1, -0.05) is 51.1 Å². The lowest BCUT2D eigenvalue weighted by Gasteiger charge is -2.36. The molecule has 0 amide bonds. The van der Waals surface area contributed by atoms with E-state index in [1.54, 1.807) is 0 Å². The van der Waals surface area contributed by atoms with Gasteiger partial charge in [0, 0.05) is 27.5 Å². The highest BCUT2D eigenvalue weighted by atomic mass is 32.2. The van der Waals surface area contributed by atoms with Gasteiger partial charge in [-0.25, -0.2) is 0 Å². The van der Waals surface area contributed by atoms with Gasteiger partial charge in [-0.15, -0.1) is 0 Å². The van der Waals surface area contributed by atoms with Crippen LogP contribution >= 0.6 is 23.5 Å². The van der Waals surface area contributed by atoms with E-state index >= 15 is 0 Å². The first kappa shape index (κ1) is 14.3. The van der Waals surface area contributed by atoms with Crippen molar-refractivity contribution < 1.29 is 0 Å². The Balaban J connectivity index is 2.11. The van der Waals surface area contributed by atoms with Gasteiger partial charge in [0.2, 0.25) is 0 Å². The second-order valence-electron chi connectivity index (χ2n) is 4.86. The predicted molar refractivity (Wildman–Crippen MR) is 85.6 cm³/mol. The van der Waals surface area contributed by atoms with Crippen molar-refractivity contribution >= 4 is 23.5 Å². The SMILES string of the molecule is CCNC(c1ccccc1)C1CSC(C)C(C)S1. The smallest absolute Gasteiger partial charge is 0.0448 e. The second kappa shape index (κ2) is 6.88. The molecule has 18 heavy (non-hydrogen) atoms. The number of hydrogen-bond donors (Lipinski definition) is 1. The Bertz CT molecular complexity index is 355. The molecule has 0 aliphatic carbocycles. The van der Waals surface area contributed by atoms with Gasteiger partial charge in [-0.3, -0.25) is 0 Å². The van der Waals surface area contributed by atoms with Gasteiger partial charge in [0.25, 0.3) is 0 Å². The Morgan fingerprint density at radius 1 is 1.22 bits per heavy atom. The number of hydrogen-bond acceptors (Lipinski definition) is 3. The fourth-order valence-corrected chi connectivity index (χ4v) is 5.44. The Labute approximate surface area is 120 Å². The quantitative estimate of drug-likeness (QED) is 0.897. The molecule has 4 unspecified atom stereocenters. The second-order valence-corrected chi connectivity index (χ2v) is 7.90. The fourth-order valence-electron chi connectivity index (χ4n) is 2.33. The third kappa shape index (κ3) is 3.46. The summed E-state index contributed by atoms with van der Waals surface area (Å²) in [5.74, 6) is 1.25. The Hall–Kier alpha value is -0.120. The molecule has 4 atom stereocenters. The maximum Gasteiger partial charge on any atom is 0.0448 e. The van der Waals surface area contributed by atoms with Gasteiger partial charge < -0.3 is 5.32 Å². The number of nitrogens with one attached hydrogen (secondary N) is 1. The van der Waals surface area contributed by atoms with Crippen molar-refractivity contribution in [2.45, 2.75) is 42.6 Å². The van der Waals surface area contributed by atoms with Crippen molar-refractivity contribution in [3.63, 3.8) is 0 Å². The number of benzene rings is 1. The van der Waals surface area contributed by atoms with Crippen LogP contribution in [0.1, 0.15) is 32.4 Å². The molecule has 0 saturated carbocycles. The molecule has 1 aromatic rings. The van der Waals surface area contributed by atoms with Crippen molar-refractivity contribution in [1.29, 1.82) is 0 Å². The Morgan fingerprint density at radius 3 is 2.56 bits per heavy atom. The summed E-state index contributed by atoms with van der Waals surface area (Å²) in [5, 5.41) is 5.88. The average molecular weight is 281 g/mol. The molecule has 2 rings (SSSR count). The molecule has 1 aromatic carbocycles. The molecule has 100 valence electrons. The molecular weight excluding hydrogens is 258 g/mol. The van der Waals surface area contributed by atoms with Crippen molar-refractivity contribution in [3.8, 4) is 0 Å². The topological polar surface area (TPSA) is 12.0 Å². The van der Waals surface area contributed by atoms with Crippen molar-refractivity contribution in [2.75, 3.05) is 12.3 Å². The lowest BCUT2D eigenvalue weighted by atomic mass is 10.0. The fraction of sp³-hybridized carbons (Fsp3) is 0.600. The van der Waals surface area contributed by atoms with E-state index in [9.17, 15) is 0 Å². The molecule has 3 heteroatoms. The first-order valence-electron chi connectivity index (χ1n) is 6.77. The van der Waals surface area contributed by atoms with Gasteiger partial charge in [0.15, 0.2) is 0 Å². The van der Waals surface area contributed by atoms with Crippen LogP contribution in [0.5, 0.6) is 0 Å². The zero-order valence-corrected chi connectivity index (χ0v) is 13.1. The molecule has 0 aromatic heterocycles. The molecule has 0 bridgehead atoms. The highest BCUT2D eigenvalue weighted by Gasteiger charge is 2.31. The summed E-state index contributed by atoms with van der Waals surface area (Å²) in [5.41, 5.74) is 1.43. The zero-order chi connectivity index (χ0) is 13.0. The Kier molecular flexibility index (Phi) is 5.46. The van der Waals surface area contributed by atoms with E-state index in [2.05, 4.69) is 79.9 Å². The van der Waals surface area contributed by atoms with Crippen molar-refractivity contribution in [1.82, 2.24) is 5.32 Å². The molecular formula is C15H23NS2. The molecule has 0 radical (unpaired) electrons. The van der Waals surface area contributed by atoms with Crippen LogP contribution in [0.3, 0.4) is 0 Å². The molecule has 1 saturated heterocycles. The van der Waals surface area contributed by atoms with Crippen molar-refractivity contribution in [2.24, 2.45) is 0 Å². The van der Waals surface area contributed by atoms with E-state index in [0.29, 0.717) is 11.3 Å². The maximum atomic E-state index is 3.67. The van der Waals surface area contributed by atoms with Gasteiger partial charge >= 0.3 is 0 Å². The third-order valence-corrected chi connectivity index (χ3v) is 7.02. The minimum atomic E-state index is 0.489. The van der Waals surface area contributed by atoms with Crippen LogP contribution in [-0.4, -0.2) is 28.0 Å².